The molecule has 1 rings (SSSR count). The zero-order valence-corrected chi connectivity index (χ0v) is 9.41. The van der Waals surface area contributed by atoms with E-state index in [1.165, 1.54) is 18.2 Å². The Hall–Kier alpha value is -1.72. The van der Waals surface area contributed by atoms with Crippen molar-refractivity contribution in [1.29, 1.82) is 0 Å². The highest BCUT2D eigenvalue weighted by molar-refractivity contribution is 5.54. The van der Waals surface area contributed by atoms with Crippen LogP contribution in [-0.4, -0.2) is 26.1 Å². The molecule has 1 aromatic carbocycles. The van der Waals surface area contributed by atoms with Crippen molar-refractivity contribution in [3.63, 3.8) is 0 Å². The maximum atomic E-state index is 12.0. The summed E-state index contributed by atoms with van der Waals surface area (Å²) in [5.74, 6) is -0.00472. The van der Waals surface area contributed by atoms with Gasteiger partial charge in [-0.2, -0.15) is 0 Å². The molecule has 0 aromatic heterocycles. The first-order valence-corrected chi connectivity index (χ1v) is 5.11. The van der Waals surface area contributed by atoms with Crippen LogP contribution >= 0.6 is 0 Å². The van der Waals surface area contributed by atoms with Crippen molar-refractivity contribution in [2.24, 2.45) is 0 Å². The van der Waals surface area contributed by atoms with Gasteiger partial charge in [0.1, 0.15) is 13.2 Å². The fraction of sp³-hybridized carbons (Fsp3) is 0.333. The Bertz CT molecular complexity index is 394. The maximum absolute atomic E-state index is 12.0. The average Bonchev–Trinajstić information content (AvgIpc) is 2.34. The standard InChI is InChI=1S/C12H12F4O2/c1-2-8-3-4-9(17-6-11(13)14)10(5-8)18-7-12(15)16/h2-5,11-12H,1,6-7H2. The molecule has 1 aromatic rings. The molecule has 2 nitrogen and oxygen atoms in total. The quantitative estimate of drug-likeness (QED) is 0.700. The SMILES string of the molecule is C=Cc1ccc(OCC(F)F)c(OCC(F)F)c1. The van der Waals surface area contributed by atoms with E-state index in [1.54, 1.807) is 6.07 Å². The summed E-state index contributed by atoms with van der Waals surface area (Å²) in [7, 11) is 0. The summed E-state index contributed by atoms with van der Waals surface area (Å²) in [6.07, 6.45) is -3.82. The Morgan fingerprint density at radius 2 is 1.56 bits per heavy atom. The predicted octanol–water partition coefficient (Wildman–Crippen LogP) is 3.62. The van der Waals surface area contributed by atoms with Crippen LogP contribution in [0.5, 0.6) is 11.5 Å². The minimum Gasteiger partial charge on any atom is -0.484 e. The fourth-order valence-corrected chi connectivity index (χ4v) is 1.19. The summed E-state index contributed by atoms with van der Waals surface area (Å²) >= 11 is 0. The minimum absolute atomic E-state index is 0.00144. The molecule has 100 valence electrons. The van der Waals surface area contributed by atoms with Crippen LogP contribution in [0.4, 0.5) is 17.6 Å². The van der Waals surface area contributed by atoms with Crippen LogP contribution in [0.3, 0.4) is 0 Å². The molecule has 0 amide bonds. The number of alkyl halides is 4. The van der Waals surface area contributed by atoms with E-state index in [0.717, 1.165) is 0 Å². The first-order valence-electron chi connectivity index (χ1n) is 5.11. The Morgan fingerprint density at radius 1 is 1.00 bits per heavy atom. The van der Waals surface area contributed by atoms with Gasteiger partial charge >= 0.3 is 0 Å². The van der Waals surface area contributed by atoms with Gasteiger partial charge in [-0.1, -0.05) is 18.7 Å². The van der Waals surface area contributed by atoms with Gasteiger partial charge in [-0.25, -0.2) is 17.6 Å². The molecule has 0 heterocycles. The van der Waals surface area contributed by atoms with Gasteiger partial charge in [-0.3, -0.25) is 0 Å². The van der Waals surface area contributed by atoms with Gasteiger partial charge < -0.3 is 9.47 Å². The molecule has 0 aliphatic rings. The highest BCUT2D eigenvalue weighted by atomic mass is 19.3. The Morgan fingerprint density at radius 3 is 2.06 bits per heavy atom. The molecule has 0 fully saturated rings. The molecule has 0 N–H and O–H groups in total. The molecule has 0 spiro atoms. The number of benzene rings is 1. The van der Waals surface area contributed by atoms with Gasteiger partial charge in [0.25, 0.3) is 12.9 Å². The summed E-state index contributed by atoms with van der Waals surface area (Å²) in [5.41, 5.74) is 0.615. The van der Waals surface area contributed by atoms with Crippen molar-refractivity contribution in [3.8, 4) is 11.5 Å². The van der Waals surface area contributed by atoms with Gasteiger partial charge in [0, 0.05) is 0 Å². The van der Waals surface area contributed by atoms with E-state index in [2.05, 4.69) is 6.58 Å². The van der Waals surface area contributed by atoms with Gasteiger partial charge in [0.2, 0.25) is 0 Å². The monoisotopic (exact) mass is 264 g/mol. The molecule has 6 heteroatoms. The third kappa shape index (κ3) is 4.65. The van der Waals surface area contributed by atoms with E-state index in [1.807, 2.05) is 0 Å². The first kappa shape index (κ1) is 14.3. The molecule has 0 unspecified atom stereocenters. The van der Waals surface area contributed by atoms with E-state index in [9.17, 15) is 17.6 Å². The van der Waals surface area contributed by atoms with Crippen molar-refractivity contribution in [2.45, 2.75) is 12.9 Å². The van der Waals surface area contributed by atoms with Crippen molar-refractivity contribution in [2.75, 3.05) is 13.2 Å². The van der Waals surface area contributed by atoms with Crippen molar-refractivity contribution >= 4 is 6.08 Å². The van der Waals surface area contributed by atoms with E-state index in [4.69, 9.17) is 9.47 Å². The zero-order valence-electron chi connectivity index (χ0n) is 9.41. The molecule has 18 heavy (non-hydrogen) atoms. The third-order valence-corrected chi connectivity index (χ3v) is 1.93. The number of hydrogen-bond donors (Lipinski definition) is 0. The summed E-state index contributed by atoms with van der Waals surface area (Å²) < 4.78 is 57.7. The average molecular weight is 264 g/mol. The Balaban J connectivity index is 2.82. The second-order valence-corrected chi connectivity index (χ2v) is 3.31. The third-order valence-electron chi connectivity index (χ3n) is 1.93. The Kier molecular flexibility index (Phi) is 5.48. The smallest absolute Gasteiger partial charge is 0.272 e. The van der Waals surface area contributed by atoms with Gasteiger partial charge in [-0.15, -0.1) is 0 Å². The molecule has 0 bridgehead atoms. The van der Waals surface area contributed by atoms with Gasteiger partial charge in [0.05, 0.1) is 0 Å². The van der Waals surface area contributed by atoms with Gasteiger partial charge in [0.15, 0.2) is 11.5 Å². The lowest BCUT2D eigenvalue weighted by Gasteiger charge is -2.13. The van der Waals surface area contributed by atoms with Crippen LogP contribution in [0.25, 0.3) is 6.08 Å². The highest BCUT2D eigenvalue weighted by Crippen LogP contribution is 2.29. The van der Waals surface area contributed by atoms with E-state index in [0.29, 0.717) is 5.56 Å². The van der Waals surface area contributed by atoms with E-state index < -0.39 is 26.1 Å². The second-order valence-electron chi connectivity index (χ2n) is 3.31. The van der Waals surface area contributed by atoms with Crippen LogP contribution in [0.2, 0.25) is 0 Å². The number of halogens is 4. The molecule has 0 radical (unpaired) electrons. The number of ether oxygens (including phenoxy) is 2. The number of rotatable bonds is 7. The van der Waals surface area contributed by atoms with Crippen molar-refractivity contribution in [1.82, 2.24) is 0 Å². The lowest BCUT2D eigenvalue weighted by molar-refractivity contribution is 0.0687. The molecule has 0 aliphatic carbocycles. The summed E-state index contributed by atoms with van der Waals surface area (Å²) in [5, 5.41) is 0. The van der Waals surface area contributed by atoms with Crippen molar-refractivity contribution < 1.29 is 27.0 Å². The topological polar surface area (TPSA) is 18.5 Å². The fourth-order valence-electron chi connectivity index (χ4n) is 1.19. The van der Waals surface area contributed by atoms with Crippen LogP contribution in [0.1, 0.15) is 5.56 Å². The molecular weight excluding hydrogens is 252 g/mol. The maximum Gasteiger partial charge on any atom is 0.272 e. The molecule has 0 aliphatic heterocycles. The normalized spacial score (nSPS) is 10.8. The zero-order chi connectivity index (χ0) is 13.5. The van der Waals surface area contributed by atoms with Crippen LogP contribution < -0.4 is 9.47 Å². The van der Waals surface area contributed by atoms with Crippen LogP contribution in [-0.2, 0) is 0 Å². The second kappa shape index (κ2) is 6.88. The van der Waals surface area contributed by atoms with Gasteiger partial charge in [-0.05, 0) is 17.7 Å². The van der Waals surface area contributed by atoms with E-state index in [-0.39, 0.29) is 11.5 Å². The van der Waals surface area contributed by atoms with Crippen molar-refractivity contribution in [3.05, 3.63) is 30.3 Å². The van der Waals surface area contributed by atoms with Crippen LogP contribution in [0, 0.1) is 0 Å². The lowest BCUT2D eigenvalue weighted by atomic mass is 10.2. The highest BCUT2D eigenvalue weighted by Gasteiger charge is 2.11. The molecule has 0 saturated heterocycles. The first-order chi connectivity index (χ1) is 8.52. The predicted molar refractivity (Wildman–Crippen MR) is 59.5 cm³/mol. The largest absolute Gasteiger partial charge is 0.484 e. The lowest BCUT2D eigenvalue weighted by Crippen LogP contribution is -2.11. The van der Waals surface area contributed by atoms with Crippen LogP contribution in [0.15, 0.2) is 24.8 Å². The molecule has 0 atom stereocenters. The molecule has 0 saturated carbocycles. The summed E-state index contributed by atoms with van der Waals surface area (Å²) in [6.45, 7) is 1.86. The Labute approximate surface area is 102 Å². The number of hydrogen-bond acceptors (Lipinski definition) is 2. The molecular formula is C12H12F4O2. The van der Waals surface area contributed by atoms with E-state index >= 15 is 0 Å². The summed E-state index contributed by atoms with van der Waals surface area (Å²) in [6, 6.07) is 4.33. The summed E-state index contributed by atoms with van der Waals surface area (Å²) in [4.78, 5) is 0. The minimum atomic E-state index is -2.65.